The summed E-state index contributed by atoms with van der Waals surface area (Å²) in [5.74, 6) is 0.889. The number of carbonyl (C=O) groups is 1. The molecule has 2 aromatic rings. The summed E-state index contributed by atoms with van der Waals surface area (Å²) in [6, 6.07) is 14.5. The van der Waals surface area contributed by atoms with E-state index >= 15 is 0 Å². The molecule has 2 amide bonds. The number of methoxy groups -OCH3 is 1. The Bertz CT molecular complexity index is 813. The highest BCUT2D eigenvalue weighted by atomic mass is 16.5. The van der Waals surface area contributed by atoms with Crippen molar-refractivity contribution in [3.05, 3.63) is 59.2 Å². The van der Waals surface area contributed by atoms with Crippen LogP contribution < -0.4 is 10.1 Å². The normalized spacial score (nSPS) is 16.9. The Morgan fingerprint density at radius 1 is 1.04 bits per heavy atom. The van der Waals surface area contributed by atoms with Gasteiger partial charge >= 0.3 is 6.03 Å². The van der Waals surface area contributed by atoms with Crippen molar-refractivity contribution in [2.45, 2.75) is 25.8 Å². The average Bonchev–Trinajstić information content (AvgIpc) is 3.16. The van der Waals surface area contributed by atoms with Crippen LogP contribution >= 0.6 is 0 Å². The number of ether oxygens (including phenoxy) is 1. The number of hydrogen-bond acceptors (Lipinski definition) is 3. The molecule has 0 bridgehead atoms. The fraction of sp³-hybridized carbons (Fsp3) is 0.409. The van der Waals surface area contributed by atoms with Crippen molar-refractivity contribution in [3.8, 4) is 5.75 Å². The predicted octanol–water partition coefficient (Wildman–Crippen LogP) is 3.53. The monoisotopic (exact) mass is 365 g/mol. The van der Waals surface area contributed by atoms with Crippen molar-refractivity contribution in [3.63, 3.8) is 0 Å². The molecule has 1 heterocycles. The van der Waals surface area contributed by atoms with Gasteiger partial charge in [0, 0.05) is 38.4 Å². The second-order valence-corrected chi connectivity index (χ2v) is 7.38. The van der Waals surface area contributed by atoms with E-state index in [0.717, 1.165) is 50.6 Å². The first kappa shape index (κ1) is 17.9. The molecule has 0 aromatic heterocycles. The number of urea groups is 1. The number of hydrogen-bond donors (Lipinski definition) is 1. The third-order valence-electron chi connectivity index (χ3n) is 5.55. The molecule has 0 saturated carbocycles. The third kappa shape index (κ3) is 4.25. The van der Waals surface area contributed by atoms with Crippen LogP contribution in [0.3, 0.4) is 0 Å². The Morgan fingerprint density at radius 3 is 2.67 bits per heavy atom. The molecule has 4 rings (SSSR count). The smallest absolute Gasteiger partial charge is 0.321 e. The fourth-order valence-corrected chi connectivity index (χ4v) is 3.99. The second kappa shape index (κ2) is 8.01. The van der Waals surface area contributed by atoms with Crippen LogP contribution in [0, 0.1) is 0 Å². The molecule has 5 nitrogen and oxygen atoms in total. The minimum atomic E-state index is 0.00831. The number of carbonyl (C=O) groups excluding carboxylic acids is 1. The first-order valence-corrected chi connectivity index (χ1v) is 9.74. The molecule has 1 aliphatic heterocycles. The largest absolute Gasteiger partial charge is 0.497 e. The van der Waals surface area contributed by atoms with Gasteiger partial charge in [-0.15, -0.1) is 0 Å². The van der Waals surface area contributed by atoms with Crippen LogP contribution in [0.5, 0.6) is 5.75 Å². The summed E-state index contributed by atoms with van der Waals surface area (Å²) in [6.45, 7) is 4.16. The number of fused-ring (bicyclic) bond motifs is 1. The molecule has 1 saturated heterocycles. The van der Waals surface area contributed by atoms with Crippen LogP contribution in [0.1, 0.15) is 23.1 Å². The first-order chi connectivity index (χ1) is 13.2. The van der Waals surface area contributed by atoms with Gasteiger partial charge in [-0.1, -0.05) is 18.2 Å². The predicted molar refractivity (Wildman–Crippen MR) is 107 cm³/mol. The molecular formula is C22H27N3O2. The Balaban J connectivity index is 1.29. The molecule has 1 aliphatic carbocycles. The van der Waals surface area contributed by atoms with Crippen LogP contribution in [0.25, 0.3) is 0 Å². The lowest BCUT2D eigenvalue weighted by Gasteiger charge is -2.34. The molecular weight excluding hydrogens is 338 g/mol. The maximum absolute atomic E-state index is 12.6. The summed E-state index contributed by atoms with van der Waals surface area (Å²) in [6.07, 6.45) is 3.52. The summed E-state index contributed by atoms with van der Waals surface area (Å²) >= 11 is 0. The number of amides is 2. The molecule has 2 aliphatic rings. The van der Waals surface area contributed by atoms with Gasteiger partial charge in [-0.2, -0.15) is 0 Å². The van der Waals surface area contributed by atoms with Crippen molar-refractivity contribution < 1.29 is 9.53 Å². The van der Waals surface area contributed by atoms with Gasteiger partial charge in [0.2, 0.25) is 0 Å². The maximum Gasteiger partial charge on any atom is 0.321 e. The van der Waals surface area contributed by atoms with Crippen molar-refractivity contribution in [2.24, 2.45) is 0 Å². The Hall–Kier alpha value is -2.53. The third-order valence-corrected chi connectivity index (χ3v) is 5.55. The van der Waals surface area contributed by atoms with E-state index in [1.165, 1.54) is 29.5 Å². The summed E-state index contributed by atoms with van der Waals surface area (Å²) in [5.41, 5.74) is 4.97. The van der Waals surface area contributed by atoms with Crippen LogP contribution in [0.4, 0.5) is 10.5 Å². The highest BCUT2D eigenvalue weighted by Gasteiger charge is 2.21. The number of nitrogens with one attached hydrogen (secondary N) is 1. The van der Waals surface area contributed by atoms with Crippen LogP contribution in [-0.2, 0) is 19.4 Å². The van der Waals surface area contributed by atoms with Gasteiger partial charge in [-0.3, -0.25) is 4.90 Å². The molecule has 0 unspecified atom stereocenters. The summed E-state index contributed by atoms with van der Waals surface area (Å²) in [7, 11) is 1.69. The first-order valence-electron chi connectivity index (χ1n) is 9.74. The van der Waals surface area contributed by atoms with Gasteiger partial charge in [0.05, 0.1) is 7.11 Å². The zero-order chi connectivity index (χ0) is 18.6. The Labute approximate surface area is 160 Å². The molecule has 142 valence electrons. The number of piperazine rings is 1. The van der Waals surface area contributed by atoms with Crippen molar-refractivity contribution in [1.82, 2.24) is 9.80 Å². The molecule has 0 radical (unpaired) electrons. The number of aryl methyl sites for hydroxylation is 2. The molecule has 27 heavy (non-hydrogen) atoms. The minimum Gasteiger partial charge on any atom is -0.497 e. The lowest BCUT2D eigenvalue weighted by atomic mass is 10.1. The fourth-order valence-electron chi connectivity index (χ4n) is 3.99. The number of nitrogens with zero attached hydrogens (tertiary/aromatic N) is 2. The van der Waals surface area contributed by atoms with E-state index in [2.05, 4.69) is 34.5 Å². The zero-order valence-electron chi connectivity index (χ0n) is 15.9. The average molecular weight is 365 g/mol. The number of benzene rings is 2. The van der Waals surface area contributed by atoms with Gasteiger partial charge in [-0.25, -0.2) is 4.79 Å². The SMILES string of the molecule is COc1cccc(CN2CCN(C(=O)Nc3ccc4c(c3)CCC4)CC2)c1. The Kier molecular flexibility index (Phi) is 5.30. The number of anilines is 1. The van der Waals surface area contributed by atoms with E-state index in [-0.39, 0.29) is 6.03 Å². The van der Waals surface area contributed by atoms with Gasteiger partial charge in [0.1, 0.15) is 5.75 Å². The van der Waals surface area contributed by atoms with E-state index in [4.69, 9.17) is 4.74 Å². The molecule has 0 spiro atoms. The van der Waals surface area contributed by atoms with E-state index in [9.17, 15) is 4.79 Å². The van der Waals surface area contributed by atoms with Gasteiger partial charge in [0.25, 0.3) is 0 Å². The highest BCUT2D eigenvalue weighted by Crippen LogP contribution is 2.25. The zero-order valence-corrected chi connectivity index (χ0v) is 15.9. The molecule has 0 atom stereocenters. The van der Waals surface area contributed by atoms with Gasteiger partial charge in [-0.05, 0) is 60.2 Å². The van der Waals surface area contributed by atoms with Crippen LogP contribution in [0.15, 0.2) is 42.5 Å². The molecule has 1 fully saturated rings. The van der Waals surface area contributed by atoms with Crippen LogP contribution in [0.2, 0.25) is 0 Å². The van der Waals surface area contributed by atoms with E-state index in [1.807, 2.05) is 23.1 Å². The maximum atomic E-state index is 12.6. The molecule has 2 aromatic carbocycles. The lowest BCUT2D eigenvalue weighted by Crippen LogP contribution is -2.49. The summed E-state index contributed by atoms with van der Waals surface area (Å²) in [5, 5.41) is 3.07. The van der Waals surface area contributed by atoms with Crippen molar-refractivity contribution >= 4 is 11.7 Å². The van der Waals surface area contributed by atoms with Gasteiger partial charge < -0.3 is 15.0 Å². The van der Waals surface area contributed by atoms with Crippen molar-refractivity contribution in [1.29, 1.82) is 0 Å². The van der Waals surface area contributed by atoms with Crippen LogP contribution in [-0.4, -0.2) is 49.1 Å². The van der Waals surface area contributed by atoms with E-state index in [1.54, 1.807) is 7.11 Å². The number of rotatable bonds is 4. The Morgan fingerprint density at radius 2 is 1.85 bits per heavy atom. The van der Waals surface area contributed by atoms with E-state index in [0.29, 0.717) is 0 Å². The van der Waals surface area contributed by atoms with E-state index < -0.39 is 0 Å². The summed E-state index contributed by atoms with van der Waals surface area (Å²) in [4.78, 5) is 16.9. The highest BCUT2D eigenvalue weighted by molar-refractivity contribution is 5.89. The molecule has 5 heteroatoms. The molecule has 1 N–H and O–H groups in total. The van der Waals surface area contributed by atoms with Crippen molar-refractivity contribution in [2.75, 3.05) is 38.6 Å². The second-order valence-electron chi connectivity index (χ2n) is 7.38. The van der Waals surface area contributed by atoms with Gasteiger partial charge in [0.15, 0.2) is 0 Å². The lowest BCUT2D eigenvalue weighted by molar-refractivity contribution is 0.143. The minimum absolute atomic E-state index is 0.00831. The standard InChI is InChI=1S/C22H27N3O2/c1-27-21-7-2-4-17(14-21)16-24-10-12-25(13-11-24)22(26)23-20-9-8-18-5-3-6-19(18)15-20/h2,4,7-9,14-15H,3,5-6,10-13,16H2,1H3,(H,23,26). The quantitative estimate of drug-likeness (QED) is 0.901. The topological polar surface area (TPSA) is 44.8 Å². The summed E-state index contributed by atoms with van der Waals surface area (Å²) < 4.78 is 5.30.